The molecule has 1 atom stereocenters. The van der Waals surface area contributed by atoms with Gasteiger partial charge in [-0.2, -0.15) is 0 Å². The number of phenols is 1. The van der Waals surface area contributed by atoms with Crippen molar-refractivity contribution in [3.63, 3.8) is 0 Å². The molecule has 0 radical (unpaired) electrons. The second kappa shape index (κ2) is 10.2. The van der Waals surface area contributed by atoms with Gasteiger partial charge >= 0.3 is 7.12 Å². The first-order valence-electron chi connectivity index (χ1n) is 11.5. The largest absolute Gasteiger partial charge is 0.507 e. The Morgan fingerprint density at radius 1 is 1.15 bits per heavy atom. The molecule has 1 aliphatic rings. The molecule has 4 nitrogen and oxygen atoms in total. The van der Waals surface area contributed by atoms with E-state index in [1.54, 1.807) is 12.3 Å². The van der Waals surface area contributed by atoms with E-state index in [1.165, 1.54) is 0 Å². The summed E-state index contributed by atoms with van der Waals surface area (Å²) in [6, 6.07) is 17.4. The third-order valence-electron chi connectivity index (χ3n) is 6.21. The SMILES string of the molecule is C=C(C1=CCB(O)OC1CC/C(=C/c1ccc(O)c2ccccc12)c1ccccn1)C(C)C. The minimum absolute atomic E-state index is 0.215. The van der Waals surface area contributed by atoms with Crippen LogP contribution in [-0.4, -0.2) is 28.3 Å². The minimum atomic E-state index is -0.790. The Kier molecular flexibility index (Phi) is 7.12. The molecule has 0 saturated carbocycles. The standard InChI is InChI=1S/C28H30BNO3/c1-19(2)20(3)23-15-16-29(32)33-28(23)14-12-22(26-10-6-7-17-30-26)18-21-11-13-27(31)25-9-5-4-8-24(21)25/h4-11,13,15,17-19,28,31-32H,3,12,14,16H2,1-2H3/b22-18-. The normalized spacial score (nSPS) is 16.8. The number of benzene rings is 2. The third-order valence-corrected chi connectivity index (χ3v) is 6.21. The number of hydrogen-bond acceptors (Lipinski definition) is 4. The zero-order valence-electron chi connectivity index (χ0n) is 19.2. The fraction of sp³-hybridized carbons (Fsp3) is 0.250. The molecule has 1 aliphatic heterocycles. The van der Waals surface area contributed by atoms with Gasteiger partial charge < -0.3 is 14.8 Å². The van der Waals surface area contributed by atoms with Gasteiger partial charge in [0, 0.05) is 17.9 Å². The first kappa shape index (κ1) is 23.0. The predicted octanol–water partition coefficient (Wildman–Crippen LogP) is 6.28. The number of aromatic nitrogens is 1. The van der Waals surface area contributed by atoms with Crippen molar-refractivity contribution in [3.05, 3.63) is 95.9 Å². The number of allylic oxidation sites excluding steroid dienone is 2. The Bertz CT molecular complexity index is 1200. The Balaban J connectivity index is 1.69. The maximum Gasteiger partial charge on any atom is 0.458 e. The Morgan fingerprint density at radius 2 is 1.91 bits per heavy atom. The van der Waals surface area contributed by atoms with Crippen molar-refractivity contribution in [1.29, 1.82) is 0 Å². The van der Waals surface area contributed by atoms with Gasteiger partial charge in [0.1, 0.15) is 5.75 Å². The van der Waals surface area contributed by atoms with Crippen LogP contribution in [0.3, 0.4) is 0 Å². The average Bonchev–Trinajstić information content (AvgIpc) is 2.83. The molecule has 3 aromatic rings. The van der Waals surface area contributed by atoms with Crippen LogP contribution >= 0.6 is 0 Å². The number of fused-ring (bicyclic) bond motifs is 1. The van der Waals surface area contributed by atoms with Crippen LogP contribution < -0.4 is 0 Å². The molecule has 33 heavy (non-hydrogen) atoms. The topological polar surface area (TPSA) is 62.6 Å². The quantitative estimate of drug-likeness (QED) is 0.426. The molecule has 1 unspecified atom stereocenters. The van der Waals surface area contributed by atoms with E-state index in [-0.39, 0.29) is 11.9 Å². The molecule has 0 bridgehead atoms. The van der Waals surface area contributed by atoms with Crippen molar-refractivity contribution in [2.45, 2.75) is 39.1 Å². The number of phenolic OH excluding ortho intramolecular Hbond substituents is 1. The monoisotopic (exact) mass is 439 g/mol. The molecule has 5 heteroatoms. The molecule has 0 aliphatic carbocycles. The van der Waals surface area contributed by atoms with E-state index in [0.717, 1.165) is 38.7 Å². The summed E-state index contributed by atoms with van der Waals surface area (Å²) >= 11 is 0. The molecule has 2 N–H and O–H groups in total. The van der Waals surface area contributed by atoms with Crippen molar-refractivity contribution in [2.75, 3.05) is 0 Å². The zero-order chi connectivity index (χ0) is 23.4. The molecular weight excluding hydrogens is 409 g/mol. The second-order valence-corrected chi connectivity index (χ2v) is 8.80. The van der Waals surface area contributed by atoms with Crippen LogP contribution in [0, 0.1) is 5.92 Å². The van der Waals surface area contributed by atoms with E-state index in [0.29, 0.717) is 25.1 Å². The van der Waals surface area contributed by atoms with E-state index < -0.39 is 7.12 Å². The van der Waals surface area contributed by atoms with Crippen LogP contribution in [-0.2, 0) is 4.65 Å². The van der Waals surface area contributed by atoms with Crippen molar-refractivity contribution in [3.8, 4) is 5.75 Å². The lowest BCUT2D eigenvalue weighted by molar-refractivity contribution is 0.183. The molecule has 0 spiro atoms. The maximum absolute atomic E-state index is 10.3. The molecule has 4 rings (SSSR count). The molecule has 0 saturated heterocycles. The number of pyridine rings is 1. The smallest absolute Gasteiger partial charge is 0.458 e. The summed E-state index contributed by atoms with van der Waals surface area (Å²) in [5.41, 5.74) is 5.14. The molecule has 0 fully saturated rings. The number of nitrogens with zero attached hydrogens (tertiary/aromatic N) is 1. The molecule has 168 valence electrons. The molecule has 2 heterocycles. The van der Waals surface area contributed by atoms with Gasteiger partial charge in [0.2, 0.25) is 0 Å². The van der Waals surface area contributed by atoms with Crippen LogP contribution in [0.2, 0.25) is 6.32 Å². The minimum Gasteiger partial charge on any atom is -0.507 e. The predicted molar refractivity (Wildman–Crippen MR) is 137 cm³/mol. The van der Waals surface area contributed by atoms with Crippen LogP contribution in [0.4, 0.5) is 0 Å². The summed E-state index contributed by atoms with van der Waals surface area (Å²) in [6.45, 7) is 8.52. The molecule has 0 amide bonds. The van der Waals surface area contributed by atoms with Gasteiger partial charge in [-0.05, 0) is 70.7 Å². The summed E-state index contributed by atoms with van der Waals surface area (Å²) in [5.74, 6) is 0.584. The highest BCUT2D eigenvalue weighted by Gasteiger charge is 2.29. The van der Waals surface area contributed by atoms with Gasteiger partial charge in [0.05, 0.1) is 11.8 Å². The Labute approximate surface area is 196 Å². The third kappa shape index (κ3) is 5.27. The highest BCUT2D eigenvalue weighted by molar-refractivity contribution is 6.43. The Morgan fingerprint density at radius 3 is 2.64 bits per heavy atom. The van der Waals surface area contributed by atoms with E-state index in [9.17, 15) is 10.1 Å². The molecule has 2 aromatic carbocycles. The van der Waals surface area contributed by atoms with Gasteiger partial charge in [-0.25, -0.2) is 0 Å². The van der Waals surface area contributed by atoms with Gasteiger partial charge in [-0.3, -0.25) is 4.98 Å². The van der Waals surface area contributed by atoms with E-state index in [4.69, 9.17) is 4.65 Å². The fourth-order valence-corrected chi connectivity index (χ4v) is 4.31. The van der Waals surface area contributed by atoms with Crippen LogP contribution in [0.15, 0.2) is 84.6 Å². The summed E-state index contributed by atoms with van der Waals surface area (Å²) in [7, 11) is -0.790. The van der Waals surface area contributed by atoms with E-state index >= 15 is 0 Å². The van der Waals surface area contributed by atoms with Gasteiger partial charge in [0.25, 0.3) is 0 Å². The van der Waals surface area contributed by atoms with Crippen LogP contribution in [0.25, 0.3) is 22.4 Å². The van der Waals surface area contributed by atoms with E-state index in [1.807, 2.05) is 48.5 Å². The summed E-state index contributed by atoms with van der Waals surface area (Å²) < 4.78 is 5.94. The first-order valence-corrected chi connectivity index (χ1v) is 11.5. The van der Waals surface area contributed by atoms with Crippen molar-refractivity contribution < 1.29 is 14.8 Å². The molecule has 1 aromatic heterocycles. The van der Waals surface area contributed by atoms with Crippen LogP contribution in [0.5, 0.6) is 5.75 Å². The maximum atomic E-state index is 10.3. The van der Waals surface area contributed by atoms with Crippen molar-refractivity contribution in [1.82, 2.24) is 4.98 Å². The van der Waals surface area contributed by atoms with Crippen molar-refractivity contribution in [2.24, 2.45) is 5.92 Å². The first-order chi connectivity index (χ1) is 15.9. The zero-order valence-corrected chi connectivity index (χ0v) is 19.2. The second-order valence-electron chi connectivity index (χ2n) is 8.80. The fourth-order valence-electron chi connectivity index (χ4n) is 4.31. The highest BCUT2D eigenvalue weighted by Crippen LogP contribution is 2.34. The van der Waals surface area contributed by atoms with Crippen molar-refractivity contribution >= 4 is 29.5 Å². The van der Waals surface area contributed by atoms with Gasteiger partial charge in [-0.15, -0.1) is 0 Å². The van der Waals surface area contributed by atoms with Gasteiger partial charge in [0.15, 0.2) is 0 Å². The summed E-state index contributed by atoms with van der Waals surface area (Å²) in [5, 5.41) is 22.2. The number of hydrogen-bond donors (Lipinski definition) is 2. The Hall–Kier alpha value is -3.15. The number of aromatic hydroxyl groups is 1. The lowest BCUT2D eigenvalue weighted by atomic mass is 9.76. The number of rotatable bonds is 7. The average molecular weight is 439 g/mol. The van der Waals surface area contributed by atoms with Crippen LogP contribution in [0.1, 0.15) is 37.9 Å². The lowest BCUT2D eigenvalue weighted by Crippen LogP contribution is -2.32. The van der Waals surface area contributed by atoms with E-state index in [2.05, 4.69) is 37.6 Å². The lowest BCUT2D eigenvalue weighted by Gasteiger charge is -2.29. The van der Waals surface area contributed by atoms with Gasteiger partial charge in [-0.1, -0.05) is 62.9 Å². The summed E-state index contributed by atoms with van der Waals surface area (Å²) in [6.07, 6.45) is 7.69. The summed E-state index contributed by atoms with van der Waals surface area (Å²) in [4.78, 5) is 4.59. The highest BCUT2D eigenvalue weighted by atomic mass is 16.5. The molecular formula is C28H30BNO3.